The lowest BCUT2D eigenvalue weighted by atomic mass is 9.95. The summed E-state index contributed by atoms with van der Waals surface area (Å²) >= 11 is 1.82. The summed E-state index contributed by atoms with van der Waals surface area (Å²) in [5.41, 5.74) is 9.41. The molecule has 5 rings (SSSR count). The first-order chi connectivity index (χ1) is 16.7. The van der Waals surface area contributed by atoms with Gasteiger partial charge in [-0.3, -0.25) is 4.79 Å². The van der Waals surface area contributed by atoms with Crippen LogP contribution in [-0.2, 0) is 11.3 Å². The topological polar surface area (TPSA) is 120 Å². The monoisotopic (exact) mass is 480 g/mol. The van der Waals surface area contributed by atoms with Gasteiger partial charge in [0.2, 0.25) is 0 Å². The molecule has 9 heteroatoms. The summed E-state index contributed by atoms with van der Waals surface area (Å²) < 4.78 is 7.96. The van der Waals surface area contributed by atoms with Crippen molar-refractivity contribution < 1.29 is 4.74 Å². The van der Waals surface area contributed by atoms with Crippen LogP contribution in [0.25, 0.3) is 0 Å². The first-order valence-electron chi connectivity index (χ1n) is 11.9. The van der Waals surface area contributed by atoms with Gasteiger partial charge in [0, 0.05) is 49.5 Å². The molecule has 0 atom stereocenters. The van der Waals surface area contributed by atoms with Gasteiger partial charge in [0.1, 0.15) is 11.4 Å². The van der Waals surface area contributed by atoms with Gasteiger partial charge >= 0.3 is 0 Å². The number of hydrogen-bond acceptors (Lipinski definition) is 7. The highest BCUT2D eigenvalue weighted by Gasteiger charge is 2.28. The number of pyridine rings is 1. The van der Waals surface area contributed by atoms with Gasteiger partial charge in [0.25, 0.3) is 5.56 Å². The van der Waals surface area contributed by atoms with Crippen LogP contribution in [0, 0.1) is 11.8 Å². The molecule has 2 aliphatic heterocycles. The van der Waals surface area contributed by atoms with Crippen molar-refractivity contribution in [3.8, 4) is 6.57 Å². The Bertz CT molecular complexity index is 1090. The third-order valence-electron chi connectivity index (χ3n) is 6.62. The maximum absolute atomic E-state index is 12.6. The van der Waals surface area contributed by atoms with Crippen molar-refractivity contribution in [1.82, 2.24) is 9.29 Å². The van der Waals surface area contributed by atoms with Crippen molar-refractivity contribution in [2.24, 2.45) is 10.7 Å². The summed E-state index contributed by atoms with van der Waals surface area (Å²) in [7, 11) is 0. The molecule has 0 spiro atoms. The van der Waals surface area contributed by atoms with Gasteiger partial charge in [-0.1, -0.05) is 19.3 Å². The number of nitrogens with two attached hydrogens (primary N) is 1. The summed E-state index contributed by atoms with van der Waals surface area (Å²) in [6.45, 7) is 6.08. The predicted octanol–water partition coefficient (Wildman–Crippen LogP) is 4.30. The lowest BCUT2D eigenvalue weighted by molar-refractivity contribution is 0.0604. The Morgan fingerprint density at radius 3 is 2.71 bits per heavy atom. The van der Waals surface area contributed by atoms with Crippen LogP contribution in [0.1, 0.15) is 56.1 Å². The molecule has 0 amide bonds. The van der Waals surface area contributed by atoms with Crippen molar-refractivity contribution in [3.63, 3.8) is 0 Å². The molecular formula is C25H32N6O2S. The summed E-state index contributed by atoms with van der Waals surface area (Å²) in [6, 6.07) is 9.01. The molecule has 180 valence electrons. The van der Waals surface area contributed by atoms with Crippen LogP contribution in [0.5, 0.6) is 0 Å². The van der Waals surface area contributed by atoms with Gasteiger partial charge in [-0.05, 0) is 67.5 Å². The third kappa shape index (κ3) is 5.63. The molecule has 3 heterocycles. The fourth-order valence-corrected chi connectivity index (χ4v) is 6.05. The van der Waals surface area contributed by atoms with Crippen molar-refractivity contribution in [2.45, 2.75) is 68.5 Å². The number of nitriles is 1. The summed E-state index contributed by atoms with van der Waals surface area (Å²) in [5.74, 6) is 0.247. The SMILES string of the molecule is C#N.NC(=Nc1ccc2c(c1)CN(C1CCOCC1)S2)c1c(NC2CCCCC2)cc[nH]c1=O. The molecule has 1 aromatic carbocycles. The van der Waals surface area contributed by atoms with E-state index in [0.29, 0.717) is 17.6 Å². The van der Waals surface area contributed by atoms with E-state index < -0.39 is 0 Å². The van der Waals surface area contributed by atoms with Crippen LogP contribution in [-0.4, -0.2) is 40.4 Å². The minimum Gasteiger partial charge on any atom is -0.383 e. The predicted molar refractivity (Wildman–Crippen MR) is 136 cm³/mol. The highest BCUT2D eigenvalue weighted by atomic mass is 32.2. The van der Waals surface area contributed by atoms with Crippen molar-refractivity contribution in [2.75, 3.05) is 18.5 Å². The summed E-state index contributed by atoms with van der Waals surface area (Å²) in [6.07, 6.45) is 9.79. The number of ether oxygens (including phenoxy) is 1. The second-order valence-electron chi connectivity index (χ2n) is 8.87. The molecule has 34 heavy (non-hydrogen) atoms. The number of aromatic amines is 1. The molecule has 0 unspecified atom stereocenters. The normalized spacial score (nSPS) is 19.8. The second kappa shape index (κ2) is 11.6. The number of benzene rings is 1. The van der Waals surface area contributed by atoms with Gasteiger partial charge in [0.15, 0.2) is 0 Å². The molecule has 4 N–H and O–H groups in total. The fourth-order valence-electron chi connectivity index (χ4n) is 4.87. The molecule has 1 aliphatic carbocycles. The van der Waals surface area contributed by atoms with Gasteiger partial charge in [-0.25, -0.2) is 14.6 Å². The number of fused-ring (bicyclic) bond motifs is 1. The molecule has 1 saturated heterocycles. The van der Waals surface area contributed by atoms with Crippen LogP contribution in [0.2, 0.25) is 0 Å². The average Bonchev–Trinajstić information content (AvgIpc) is 3.30. The molecule has 1 saturated carbocycles. The van der Waals surface area contributed by atoms with E-state index in [1.54, 1.807) is 6.20 Å². The Labute approximate surface area is 204 Å². The van der Waals surface area contributed by atoms with E-state index in [9.17, 15) is 4.79 Å². The Hall–Kier alpha value is -2.80. The maximum atomic E-state index is 12.6. The Kier molecular flexibility index (Phi) is 8.27. The van der Waals surface area contributed by atoms with E-state index in [2.05, 4.69) is 38.3 Å². The highest BCUT2D eigenvalue weighted by molar-refractivity contribution is 7.97. The number of nitrogens with zero attached hydrogens (tertiary/aromatic N) is 3. The molecule has 0 radical (unpaired) electrons. The molecule has 3 aliphatic rings. The lowest BCUT2D eigenvalue weighted by Crippen LogP contribution is -2.32. The largest absolute Gasteiger partial charge is 0.383 e. The maximum Gasteiger partial charge on any atom is 0.261 e. The van der Waals surface area contributed by atoms with E-state index in [-0.39, 0.29) is 11.4 Å². The van der Waals surface area contributed by atoms with Crippen LogP contribution in [0.3, 0.4) is 0 Å². The number of aromatic nitrogens is 1. The van der Waals surface area contributed by atoms with E-state index in [0.717, 1.165) is 56.8 Å². The molecule has 1 aromatic heterocycles. The van der Waals surface area contributed by atoms with Gasteiger partial charge in [0.05, 0.1) is 11.4 Å². The minimum atomic E-state index is -0.213. The molecule has 8 nitrogen and oxygen atoms in total. The van der Waals surface area contributed by atoms with E-state index >= 15 is 0 Å². The summed E-state index contributed by atoms with van der Waals surface area (Å²) in [5, 5.41) is 10.0. The number of H-pyrrole nitrogens is 1. The van der Waals surface area contributed by atoms with Gasteiger partial charge in [-0.15, -0.1) is 0 Å². The number of anilines is 1. The minimum absolute atomic E-state index is 0.213. The molecule has 0 bridgehead atoms. The first-order valence-corrected chi connectivity index (χ1v) is 12.7. The number of aliphatic imine (C=N–C) groups is 1. The van der Waals surface area contributed by atoms with Crippen LogP contribution in [0.4, 0.5) is 11.4 Å². The van der Waals surface area contributed by atoms with Crippen LogP contribution >= 0.6 is 11.9 Å². The smallest absolute Gasteiger partial charge is 0.261 e. The Morgan fingerprint density at radius 2 is 1.94 bits per heavy atom. The number of amidine groups is 1. The zero-order chi connectivity index (χ0) is 23.9. The average molecular weight is 481 g/mol. The first kappa shape index (κ1) is 24.3. The van der Waals surface area contributed by atoms with Crippen molar-refractivity contribution in [3.05, 3.63) is 51.9 Å². The quantitative estimate of drug-likeness (QED) is 0.332. The number of hydrogen-bond donors (Lipinski definition) is 3. The Balaban J connectivity index is 0.00000133. The molecular weight excluding hydrogens is 448 g/mol. The van der Waals surface area contributed by atoms with E-state index in [4.69, 9.17) is 15.7 Å². The molecule has 2 fully saturated rings. The van der Waals surface area contributed by atoms with E-state index in [1.165, 1.54) is 29.7 Å². The van der Waals surface area contributed by atoms with E-state index in [1.807, 2.05) is 24.1 Å². The highest BCUT2D eigenvalue weighted by Crippen LogP contribution is 2.40. The Morgan fingerprint density at radius 1 is 1.18 bits per heavy atom. The number of rotatable bonds is 5. The van der Waals surface area contributed by atoms with Crippen molar-refractivity contribution in [1.29, 1.82) is 5.26 Å². The second-order valence-corrected chi connectivity index (χ2v) is 9.97. The molecule has 2 aromatic rings. The standard InChI is InChI=1S/C24H31N5O2S.CHN/c25-23(22-20(8-11-26-24(22)30)27-17-4-2-1-3-5-17)28-18-6-7-21-16(14-18)15-29(32-21)19-9-12-31-13-10-19;1-2/h6-8,11,14,17,19H,1-5,9-10,12-13,15H2,(H2,25,28)(H2,26,27,30);1H. The summed E-state index contributed by atoms with van der Waals surface area (Å²) in [4.78, 5) is 21.3. The zero-order valence-electron chi connectivity index (χ0n) is 19.3. The van der Waals surface area contributed by atoms with Crippen LogP contribution < -0.4 is 16.6 Å². The zero-order valence-corrected chi connectivity index (χ0v) is 20.2. The van der Waals surface area contributed by atoms with Crippen molar-refractivity contribution >= 4 is 29.2 Å². The van der Waals surface area contributed by atoms with Crippen LogP contribution in [0.15, 0.2) is 45.1 Å². The van der Waals surface area contributed by atoms with Gasteiger partial charge < -0.3 is 20.8 Å². The fraction of sp³-hybridized carbons (Fsp3) is 0.480. The lowest BCUT2D eigenvalue weighted by Gasteiger charge is -2.29. The third-order valence-corrected chi connectivity index (χ3v) is 7.87. The number of nitrogens with one attached hydrogen (secondary N) is 2. The van der Waals surface area contributed by atoms with Gasteiger partial charge in [-0.2, -0.15) is 0 Å².